The van der Waals surface area contributed by atoms with Crippen LogP contribution in [0.2, 0.25) is 0 Å². The molecule has 1 heteroatoms. The number of rotatable bonds is 5. The lowest BCUT2D eigenvalue weighted by Gasteiger charge is -2.47. The van der Waals surface area contributed by atoms with Crippen LogP contribution >= 0.6 is 0 Å². The van der Waals surface area contributed by atoms with Crippen molar-refractivity contribution in [3.05, 3.63) is 24.3 Å². The van der Waals surface area contributed by atoms with Gasteiger partial charge in [-0.05, 0) is 37.2 Å². The molecule has 0 unspecified atom stereocenters. The molecule has 1 nitrogen and oxygen atoms in total. The van der Waals surface area contributed by atoms with E-state index in [1.165, 1.54) is 24.8 Å². The monoisotopic (exact) mass is 194 g/mol. The molecule has 1 saturated carbocycles. The van der Waals surface area contributed by atoms with Crippen LogP contribution in [0.3, 0.4) is 0 Å². The number of aliphatic hydroxyl groups excluding tert-OH is 1. The molecule has 0 amide bonds. The van der Waals surface area contributed by atoms with Crippen molar-refractivity contribution < 1.29 is 5.11 Å². The summed E-state index contributed by atoms with van der Waals surface area (Å²) >= 11 is 0. The molecule has 0 heterocycles. The van der Waals surface area contributed by atoms with Crippen molar-refractivity contribution in [2.75, 3.05) is 0 Å². The van der Waals surface area contributed by atoms with E-state index in [0.29, 0.717) is 0 Å². The number of allylic oxidation sites excluding steroid dienone is 3. The van der Waals surface area contributed by atoms with E-state index in [2.05, 4.69) is 26.5 Å². The van der Waals surface area contributed by atoms with Crippen molar-refractivity contribution >= 4 is 0 Å². The summed E-state index contributed by atoms with van der Waals surface area (Å²) in [6, 6.07) is 0. The molecule has 1 N–H and O–H groups in total. The highest BCUT2D eigenvalue weighted by Crippen LogP contribution is 2.51. The van der Waals surface area contributed by atoms with Gasteiger partial charge in [0.05, 0.1) is 6.10 Å². The topological polar surface area (TPSA) is 20.2 Å². The van der Waals surface area contributed by atoms with Gasteiger partial charge in [-0.1, -0.05) is 38.5 Å². The smallest absolute Gasteiger partial charge is 0.0557 e. The Labute approximate surface area is 87.5 Å². The fraction of sp³-hybridized carbons (Fsp3) is 0.692. The van der Waals surface area contributed by atoms with Crippen molar-refractivity contribution in [3.8, 4) is 0 Å². The Bertz CT molecular complexity index is 221. The fourth-order valence-corrected chi connectivity index (χ4v) is 2.58. The summed E-state index contributed by atoms with van der Waals surface area (Å²) in [5.74, 6) is 0. The minimum absolute atomic E-state index is 0.0817. The average Bonchev–Trinajstić information content (AvgIpc) is 2.13. The fourth-order valence-electron chi connectivity index (χ4n) is 2.58. The van der Waals surface area contributed by atoms with E-state index < -0.39 is 0 Å². The third-order valence-electron chi connectivity index (χ3n) is 3.40. The van der Waals surface area contributed by atoms with Crippen molar-refractivity contribution in [3.63, 3.8) is 0 Å². The lowest BCUT2D eigenvalue weighted by molar-refractivity contribution is -0.0127. The summed E-state index contributed by atoms with van der Waals surface area (Å²) in [4.78, 5) is 0. The molecule has 14 heavy (non-hydrogen) atoms. The summed E-state index contributed by atoms with van der Waals surface area (Å²) in [7, 11) is 0. The molecular weight excluding hydrogens is 172 g/mol. The first-order valence-electron chi connectivity index (χ1n) is 5.66. The highest BCUT2D eigenvalue weighted by Gasteiger charge is 2.44. The number of hydrogen-bond acceptors (Lipinski definition) is 1. The highest BCUT2D eigenvalue weighted by atomic mass is 16.3. The van der Waals surface area contributed by atoms with E-state index in [1.807, 2.05) is 6.08 Å². The molecule has 0 saturated heterocycles. The van der Waals surface area contributed by atoms with Crippen LogP contribution < -0.4 is 0 Å². The van der Waals surface area contributed by atoms with Crippen molar-refractivity contribution in [2.24, 2.45) is 5.41 Å². The number of hydrogen-bond donors (Lipinski definition) is 1. The maximum atomic E-state index is 9.46. The van der Waals surface area contributed by atoms with Gasteiger partial charge in [-0.3, -0.25) is 0 Å². The van der Waals surface area contributed by atoms with Gasteiger partial charge in [-0.15, -0.1) is 0 Å². The maximum absolute atomic E-state index is 9.46. The average molecular weight is 194 g/mol. The van der Waals surface area contributed by atoms with E-state index in [9.17, 15) is 5.11 Å². The Kier molecular flexibility index (Phi) is 3.94. The predicted molar refractivity (Wildman–Crippen MR) is 61.2 cm³/mol. The van der Waals surface area contributed by atoms with Crippen LogP contribution in [0.15, 0.2) is 24.3 Å². The molecular formula is C13H22O. The van der Waals surface area contributed by atoms with Crippen LogP contribution in [0.5, 0.6) is 0 Å². The molecule has 0 aromatic heterocycles. The normalized spacial score (nSPS) is 32.5. The maximum Gasteiger partial charge on any atom is 0.0557 e. The Balaban J connectivity index is 2.67. The lowest BCUT2D eigenvalue weighted by atomic mass is 9.60. The Hall–Kier alpha value is -0.560. The van der Waals surface area contributed by atoms with E-state index in [-0.39, 0.29) is 11.5 Å². The summed E-state index contributed by atoms with van der Waals surface area (Å²) in [5.41, 5.74) is 1.59. The SMILES string of the molecule is C=C/C(=C\C)C1(CCCC)CC(O)C1. The first-order chi connectivity index (χ1) is 6.68. The molecule has 0 spiro atoms. The van der Waals surface area contributed by atoms with E-state index in [1.54, 1.807) is 0 Å². The molecule has 0 atom stereocenters. The van der Waals surface area contributed by atoms with E-state index in [0.717, 1.165) is 12.8 Å². The van der Waals surface area contributed by atoms with Gasteiger partial charge in [0, 0.05) is 0 Å². The zero-order valence-electron chi connectivity index (χ0n) is 9.42. The summed E-state index contributed by atoms with van der Waals surface area (Å²) in [6.45, 7) is 8.14. The Morgan fingerprint density at radius 1 is 1.57 bits per heavy atom. The van der Waals surface area contributed by atoms with Gasteiger partial charge in [0.2, 0.25) is 0 Å². The third kappa shape index (κ3) is 2.09. The predicted octanol–water partition coefficient (Wildman–Crippen LogP) is 3.45. The van der Waals surface area contributed by atoms with E-state index >= 15 is 0 Å². The minimum atomic E-state index is -0.0817. The van der Waals surface area contributed by atoms with Crippen LogP contribution in [-0.4, -0.2) is 11.2 Å². The highest BCUT2D eigenvalue weighted by molar-refractivity contribution is 5.28. The molecule has 0 aromatic rings. The van der Waals surface area contributed by atoms with Gasteiger partial charge >= 0.3 is 0 Å². The Morgan fingerprint density at radius 2 is 2.21 bits per heavy atom. The largest absolute Gasteiger partial charge is 0.393 e. The van der Waals surface area contributed by atoms with Gasteiger partial charge in [0.15, 0.2) is 0 Å². The number of unbranched alkanes of at least 4 members (excludes halogenated alkanes) is 1. The standard InChI is InChI=1S/C13H22O/c1-4-7-8-13(9-12(14)10-13)11(5-2)6-3/h5-6,12,14H,2,4,7-10H2,1,3H3/b11-6+. The summed E-state index contributed by atoms with van der Waals surface area (Å²) in [6.07, 6.45) is 9.56. The third-order valence-corrected chi connectivity index (χ3v) is 3.40. The molecule has 0 aromatic carbocycles. The Morgan fingerprint density at radius 3 is 2.57 bits per heavy atom. The van der Waals surface area contributed by atoms with Gasteiger partial charge in [0.1, 0.15) is 0 Å². The molecule has 1 rings (SSSR count). The molecule has 0 bridgehead atoms. The van der Waals surface area contributed by atoms with Gasteiger partial charge in [-0.25, -0.2) is 0 Å². The first-order valence-corrected chi connectivity index (χ1v) is 5.66. The van der Waals surface area contributed by atoms with Crippen LogP contribution in [-0.2, 0) is 0 Å². The summed E-state index contributed by atoms with van der Waals surface area (Å²) < 4.78 is 0. The van der Waals surface area contributed by atoms with E-state index in [4.69, 9.17) is 0 Å². The van der Waals surface area contributed by atoms with Gasteiger partial charge in [-0.2, -0.15) is 0 Å². The second-order valence-electron chi connectivity index (χ2n) is 4.39. The van der Waals surface area contributed by atoms with Crippen LogP contribution in [0.4, 0.5) is 0 Å². The van der Waals surface area contributed by atoms with Crippen LogP contribution in [0, 0.1) is 5.41 Å². The lowest BCUT2D eigenvalue weighted by Crippen LogP contribution is -2.41. The second kappa shape index (κ2) is 4.79. The molecule has 80 valence electrons. The summed E-state index contributed by atoms with van der Waals surface area (Å²) in [5, 5.41) is 9.46. The second-order valence-corrected chi connectivity index (χ2v) is 4.39. The van der Waals surface area contributed by atoms with Crippen LogP contribution in [0.1, 0.15) is 46.0 Å². The zero-order valence-corrected chi connectivity index (χ0v) is 9.42. The quantitative estimate of drug-likeness (QED) is 0.665. The first kappa shape index (κ1) is 11.5. The van der Waals surface area contributed by atoms with Gasteiger partial charge < -0.3 is 5.11 Å². The van der Waals surface area contributed by atoms with Crippen LogP contribution in [0.25, 0.3) is 0 Å². The van der Waals surface area contributed by atoms with Gasteiger partial charge in [0.25, 0.3) is 0 Å². The molecule has 0 radical (unpaired) electrons. The molecule has 1 aliphatic rings. The van der Waals surface area contributed by atoms with Crippen molar-refractivity contribution in [1.82, 2.24) is 0 Å². The molecule has 1 aliphatic carbocycles. The molecule has 1 fully saturated rings. The minimum Gasteiger partial charge on any atom is -0.393 e. The zero-order chi connectivity index (χ0) is 10.6. The van der Waals surface area contributed by atoms with Crippen molar-refractivity contribution in [1.29, 1.82) is 0 Å². The van der Waals surface area contributed by atoms with Crippen molar-refractivity contribution in [2.45, 2.75) is 52.1 Å². The number of aliphatic hydroxyl groups is 1. The molecule has 0 aliphatic heterocycles.